The first-order valence-electron chi connectivity index (χ1n) is 2.24. The maximum absolute atomic E-state index is 10.3. The van der Waals surface area contributed by atoms with Crippen LogP contribution >= 0.6 is 0 Å². The van der Waals surface area contributed by atoms with Gasteiger partial charge in [-0.2, -0.15) is 0 Å². The van der Waals surface area contributed by atoms with Gasteiger partial charge in [-0.1, -0.05) is 0 Å². The molecule has 0 bridgehead atoms. The number of Topliss-reactive ketones (excluding diaryl/α,β-unsaturated/α-hetero) is 1. The molecule has 0 aromatic heterocycles. The highest BCUT2D eigenvalue weighted by atomic mass is 16.1. The van der Waals surface area contributed by atoms with Crippen molar-refractivity contribution in [3.05, 3.63) is 11.8 Å². The first-order valence-corrected chi connectivity index (χ1v) is 2.24. The molecule has 0 unspecified atom stereocenters. The third-order valence-corrected chi connectivity index (χ3v) is 1.02. The molecule has 2 nitrogen and oxygen atoms in total. The smallest absolute Gasteiger partial charge is 0.159 e. The SMILES string of the molecule is CC(=O)C1=CNC1. The van der Waals surface area contributed by atoms with Crippen LogP contribution in [0.25, 0.3) is 0 Å². The predicted molar refractivity (Wildman–Crippen MR) is 26.8 cm³/mol. The standard InChI is InChI=1S/C5H7NO/c1-4(7)5-2-6-3-5/h2,6H,3H2,1H3. The molecular weight excluding hydrogens is 90.1 g/mol. The van der Waals surface area contributed by atoms with Crippen LogP contribution < -0.4 is 5.32 Å². The molecule has 1 aliphatic rings. The molecule has 0 aromatic carbocycles. The minimum Gasteiger partial charge on any atom is -0.386 e. The summed E-state index contributed by atoms with van der Waals surface area (Å²) in [4.78, 5) is 10.3. The molecular formula is C5H7NO. The fraction of sp³-hybridized carbons (Fsp3) is 0.400. The van der Waals surface area contributed by atoms with E-state index in [1.807, 2.05) is 0 Å². The van der Waals surface area contributed by atoms with Gasteiger partial charge in [0, 0.05) is 18.3 Å². The van der Waals surface area contributed by atoms with Crippen molar-refractivity contribution in [2.45, 2.75) is 6.92 Å². The summed E-state index contributed by atoms with van der Waals surface area (Å²) in [5, 5.41) is 2.86. The zero-order valence-electron chi connectivity index (χ0n) is 4.19. The summed E-state index contributed by atoms with van der Waals surface area (Å²) in [6.45, 7) is 2.34. The van der Waals surface area contributed by atoms with Crippen molar-refractivity contribution in [3.63, 3.8) is 0 Å². The predicted octanol–water partition coefficient (Wildman–Crippen LogP) is 0.0625. The molecule has 7 heavy (non-hydrogen) atoms. The van der Waals surface area contributed by atoms with Gasteiger partial charge in [0.15, 0.2) is 5.78 Å². The molecule has 1 aliphatic heterocycles. The minimum atomic E-state index is 0.179. The fourth-order valence-corrected chi connectivity index (χ4v) is 0.430. The molecule has 38 valence electrons. The van der Waals surface area contributed by atoms with Crippen LogP contribution in [0.4, 0.5) is 0 Å². The average molecular weight is 97.1 g/mol. The van der Waals surface area contributed by atoms with Crippen LogP contribution in [0.15, 0.2) is 11.8 Å². The number of ketones is 1. The molecule has 0 spiro atoms. The average Bonchev–Trinajstić information content (AvgIpc) is 1.23. The summed E-state index contributed by atoms with van der Waals surface area (Å²) in [5.74, 6) is 0.179. The van der Waals surface area contributed by atoms with Crippen molar-refractivity contribution in [1.29, 1.82) is 0 Å². The lowest BCUT2D eigenvalue weighted by molar-refractivity contribution is -0.113. The summed E-state index contributed by atoms with van der Waals surface area (Å²) in [6.07, 6.45) is 1.74. The van der Waals surface area contributed by atoms with Gasteiger partial charge in [-0.05, 0) is 6.92 Å². The summed E-state index contributed by atoms with van der Waals surface area (Å²) < 4.78 is 0. The van der Waals surface area contributed by atoms with Crippen molar-refractivity contribution in [1.82, 2.24) is 5.32 Å². The van der Waals surface area contributed by atoms with E-state index in [1.165, 1.54) is 0 Å². The zero-order valence-corrected chi connectivity index (χ0v) is 4.19. The van der Waals surface area contributed by atoms with Crippen LogP contribution in [0.1, 0.15) is 6.92 Å². The molecule has 0 saturated carbocycles. The zero-order chi connectivity index (χ0) is 5.28. The number of hydrogen-bond donors (Lipinski definition) is 1. The number of nitrogens with one attached hydrogen (secondary N) is 1. The van der Waals surface area contributed by atoms with E-state index in [-0.39, 0.29) is 5.78 Å². The van der Waals surface area contributed by atoms with Gasteiger partial charge in [-0.3, -0.25) is 4.79 Å². The van der Waals surface area contributed by atoms with E-state index >= 15 is 0 Å². The van der Waals surface area contributed by atoms with E-state index in [2.05, 4.69) is 5.32 Å². The Morgan fingerprint density at radius 2 is 2.57 bits per heavy atom. The van der Waals surface area contributed by atoms with Crippen molar-refractivity contribution in [2.24, 2.45) is 0 Å². The molecule has 0 aliphatic carbocycles. The second-order valence-corrected chi connectivity index (χ2v) is 1.61. The lowest BCUT2D eigenvalue weighted by atomic mass is 10.1. The first-order chi connectivity index (χ1) is 3.30. The van der Waals surface area contributed by atoms with Gasteiger partial charge < -0.3 is 5.32 Å². The van der Waals surface area contributed by atoms with E-state index < -0.39 is 0 Å². The second-order valence-electron chi connectivity index (χ2n) is 1.61. The summed E-state index contributed by atoms with van der Waals surface area (Å²) in [7, 11) is 0. The summed E-state index contributed by atoms with van der Waals surface area (Å²) in [5.41, 5.74) is 0.903. The molecule has 0 saturated heterocycles. The Balaban J connectivity index is 2.57. The number of carbonyl (C=O) groups excluding carboxylic acids is 1. The highest BCUT2D eigenvalue weighted by Gasteiger charge is 2.07. The molecule has 0 radical (unpaired) electrons. The number of carbonyl (C=O) groups is 1. The molecule has 2 heteroatoms. The number of hydrogen-bond acceptors (Lipinski definition) is 2. The van der Waals surface area contributed by atoms with Gasteiger partial charge in [-0.25, -0.2) is 0 Å². The summed E-state index contributed by atoms with van der Waals surface area (Å²) >= 11 is 0. The Bertz CT molecular complexity index is 126. The van der Waals surface area contributed by atoms with Gasteiger partial charge >= 0.3 is 0 Å². The molecule has 1 heterocycles. The van der Waals surface area contributed by atoms with Crippen LogP contribution in [-0.2, 0) is 4.79 Å². The van der Waals surface area contributed by atoms with Crippen LogP contribution in [0.5, 0.6) is 0 Å². The highest BCUT2D eigenvalue weighted by Crippen LogP contribution is 1.99. The maximum atomic E-state index is 10.3. The van der Waals surface area contributed by atoms with Crippen LogP contribution in [0, 0.1) is 0 Å². The first kappa shape index (κ1) is 4.37. The van der Waals surface area contributed by atoms with Gasteiger partial charge in [-0.15, -0.1) is 0 Å². The van der Waals surface area contributed by atoms with Crippen LogP contribution in [-0.4, -0.2) is 12.3 Å². The lowest BCUT2D eigenvalue weighted by Crippen LogP contribution is -2.25. The highest BCUT2D eigenvalue weighted by molar-refractivity contribution is 5.94. The Morgan fingerprint density at radius 1 is 2.00 bits per heavy atom. The topological polar surface area (TPSA) is 29.1 Å². The van der Waals surface area contributed by atoms with Crippen molar-refractivity contribution < 1.29 is 4.79 Å². The van der Waals surface area contributed by atoms with Crippen molar-refractivity contribution in [2.75, 3.05) is 6.54 Å². The molecule has 0 atom stereocenters. The fourth-order valence-electron chi connectivity index (χ4n) is 0.430. The maximum Gasteiger partial charge on any atom is 0.159 e. The van der Waals surface area contributed by atoms with E-state index in [9.17, 15) is 4.79 Å². The second kappa shape index (κ2) is 1.37. The van der Waals surface area contributed by atoms with Gasteiger partial charge in [0.2, 0.25) is 0 Å². The van der Waals surface area contributed by atoms with Crippen molar-refractivity contribution in [3.8, 4) is 0 Å². The van der Waals surface area contributed by atoms with Gasteiger partial charge in [0.05, 0.1) is 0 Å². The normalized spacial score (nSPS) is 16.4. The monoisotopic (exact) mass is 97.1 g/mol. The minimum absolute atomic E-state index is 0.179. The van der Waals surface area contributed by atoms with E-state index in [1.54, 1.807) is 13.1 Å². The Kier molecular flexibility index (Phi) is 0.855. The Labute approximate surface area is 42.2 Å². The van der Waals surface area contributed by atoms with E-state index in [0.29, 0.717) is 0 Å². The molecule has 1 N–H and O–H groups in total. The Morgan fingerprint density at radius 3 is 2.57 bits per heavy atom. The summed E-state index contributed by atoms with van der Waals surface area (Å²) in [6, 6.07) is 0. The third-order valence-electron chi connectivity index (χ3n) is 1.02. The molecule has 0 fully saturated rings. The molecule has 0 aromatic rings. The quantitative estimate of drug-likeness (QED) is 0.501. The van der Waals surface area contributed by atoms with Gasteiger partial charge in [0.25, 0.3) is 0 Å². The van der Waals surface area contributed by atoms with E-state index in [0.717, 1.165) is 12.1 Å². The third kappa shape index (κ3) is 0.633. The van der Waals surface area contributed by atoms with Gasteiger partial charge in [0.1, 0.15) is 0 Å². The lowest BCUT2D eigenvalue weighted by Gasteiger charge is -2.12. The van der Waals surface area contributed by atoms with Crippen LogP contribution in [0.2, 0.25) is 0 Å². The number of rotatable bonds is 1. The molecule has 0 amide bonds. The largest absolute Gasteiger partial charge is 0.386 e. The van der Waals surface area contributed by atoms with E-state index in [4.69, 9.17) is 0 Å². The Hall–Kier alpha value is -0.790. The van der Waals surface area contributed by atoms with Crippen LogP contribution in [0.3, 0.4) is 0 Å². The molecule has 1 rings (SSSR count). The van der Waals surface area contributed by atoms with Crippen molar-refractivity contribution >= 4 is 5.78 Å².